The third kappa shape index (κ3) is 3.06. The zero-order chi connectivity index (χ0) is 14.8. The topological polar surface area (TPSA) is 66.1 Å². The molecule has 21 heavy (non-hydrogen) atoms. The highest BCUT2D eigenvalue weighted by Crippen LogP contribution is 2.28. The van der Waals surface area contributed by atoms with Crippen LogP contribution < -0.4 is 5.56 Å². The first kappa shape index (κ1) is 14.0. The van der Waals surface area contributed by atoms with Crippen LogP contribution in [0.1, 0.15) is 43.1 Å². The zero-order valence-electron chi connectivity index (χ0n) is 12.3. The first-order chi connectivity index (χ1) is 10.1. The molecule has 1 aliphatic heterocycles. The van der Waals surface area contributed by atoms with E-state index in [0.717, 1.165) is 43.7 Å². The summed E-state index contributed by atoms with van der Waals surface area (Å²) in [6.07, 6.45) is 7.95. The number of nitrogens with zero attached hydrogens (tertiary/aromatic N) is 2. The lowest BCUT2D eigenvalue weighted by Crippen LogP contribution is -2.34. The number of carbonyl (C=O) groups excluding carboxylic acids is 1. The molecule has 0 unspecified atom stereocenters. The summed E-state index contributed by atoms with van der Waals surface area (Å²) >= 11 is 0. The van der Waals surface area contributed by atoms with Crippen molar-refractivity contribution in [3.8, 4) is 0 Å². The number of aryl methyl sites for hydroxylation is 1. The number of aromatic amines is 1. The van der Waals surface area contributed by atoms with Crippen molar-refractivity contribution in [2.24, 2.45) is 5.92 Å². The van der Waals surface area contributed by atoms with Crippen molar-refractivity contribution >= 4 is 5.91 Å². The second-order valence-electron chi connectivity index (χ2n) is 6.02. The Hall–Kier alpha value is -1.91. The van der Waals surface area contributed by atoms with Crippen LogP contribution in [-0.4, -0.2) is 33.9 Å². The van der Waals surface area contributed by atoms with E-state index in [1.54, 1.807) is 0 Å². The van der Waals surface area contributed by atoms with Crippen molar-refractivity contribution < 1.29 is 4.79 Å². The summed E-state index contributed by atoms with van der Waals surface area (Å²) in [4.78, 5) is 33.2. The highest BCUT2D eigenvalue weighted by atomic mass is 16.2. The summed E-state index contributed by atoms with van der Waals surface area (Å²) in [6, 6.07) is 1.50. The van der Waals surface area contributed by atoms with Gasteiger partial charge in [-0.15, -0.1) is 0 Å². The van der Waals surface area contributed by atoms with E-state index in [0.29, 0.717) is 6.54 Å². The number of aromatic nitrogens is 2. The maximum Gasteiger partial charge on any atom is 0.251 e. The Morgan fingerprint density at radius 2 is 2.24 bits per heavy atom. The van der Waals surface area contributed by atoms with E-state index in [4.69, 9.17) is 0 Å². The highest BCUT2D eigenvalue weighted by Gasteiger charge is 2.32. The fourth-order valence-electron chi connectivity index (χ4n) is 3.26. The van der Waals surface area contributed by atoms with Gasteiger partial charge in [-0.25, -0.2) is 4.98 Å². The lowest BCUT2D eigenvalue weighted by molar-refractivity contribution is -0.134. The number of carbonyl (C=O) groups is 1. The molecular formula is C16H21N3O2. The minimum absolute atomic E-state index is 0.111. The van der Waals surface area contributed by atoms with Gasteiger partial charge in [0.25, 0.3) is 5.56 Å². The van der Waals surface area contributed by atoms with E-state index < -0.39 is 0 Å². The van der Waals surface area contributed by atoms with Crippen LogP contribution >= 0.6 is 0 Å². The molecule has 1 fully saturated rings. The molecule has 0 radical (unpaired) electrons. The molecule has 1 N–H and O–H groups in total. The molecule has 0 spiro atoms. The molecule has 2 atom stereocenters. The summed E-state index contributed by atoms with van der Waals surface area (Å²) in [5.41, 5.74) is 0.621. The van der Waals surface area contributed by atoms with Gasteiger partial charge in [0.2, 0.25) is 5.91 Å². The average molecular weight is 287 g/mol. The van der Waals surface area contributed by atoms with Crippen molar-refractivity contribution in [3.05, 3.63) is 40.1 Å². The minimum atomic E-state index is -0.111. The highest BCUT2D eigenvalue weighted by molar-refractivity contribution is 5.79. The third-order valence-electron chi connectivity index (χ3n) is 4.39. The van der Waals surface area contributed by atoms with Gasteiger partial charge in [0.05, 0.1) is 0 Å². The number of allylic oxidation sites excluding steroid dienone is 2. The Morgan fingerprint density at radius 3 is 2.95 bits per heavy atom. The standard InChI is InChI=1S/C16H21N3O2/c1-11-9-14(20)18-15(17-11)13-7-8-19(10-13)16(21)12-5-3-2-4-6-12/h2-3,9,12-13H,4-8,10H2,1H3,(H,17,18,20)/t12-,13-/m1/s1. The van der Waals surface area contributed by atoms with E-state index in [1.165, 1.54) is 6.07 Å². The monoisotopic (exact) mass is 287 g/mol. The Morgan fingerprint density at radius 1 is 1.38 bits per heavy atom. The van der Waals surface area contributed by atoms with Crippen LogP contribution in [0.5, 0.6) is 0 Å². The van der Waals surface area contributed by atoms with E-state index in [2.05, 4.69) is 22.1 Å². The quantitative estimate of drug-likeness (QED) is 0.843. The first-order valence-electron chi connectivity index (χ1n) is 7.65. The molecule has 0 saturated carbocycles. The third-order valence-corrected chi connectivity index (χ3v) is 4.39. The van der Waals surface area contributed by atoms with E-state index in [9.17, 15) is 9.59 Å². The van der Waals surface area contributed by atoms with Gasteiger partial charge in [0.1, 0.15) is 5.82 Å². The predicted molar refractivity (Wildman–Crippen MR) is 80.0 cm³/mol. The van der Waals surface area contributed by atoms with Gasteiger partial charge in [-0.1, -0.05) is 12.2 Å². The summed E-state index contributed by atoms with van der Waals surface area (Å²) < 4.78 is 0. The number of hydrogen-bond acceptors (Lipinski definition) is 3. The lowest BCUT2D eigenvalue weighted by atomic mass is 9.93. The molecule has 1 saturated heterocycles. The Balaban J connectivity index is 1.68. The number of amides is 1. The van der Waals surface area contributed by atoms with E-state index >= 15 is 0 Å². The summed E-state index contributed by atoms with van der Waals surface area (Å²) in [6.45, 7) is 3.26. The van der Waals surface area contributed by atoms with Crippen LogP contribution in [0.25, 0.3) is 0 Å². The van der Waals surface area contributed by atoms with Crippen LogP contribution in [0.3, 0.4) is 0 Å². The average Bonchev–Trinajstić information content (AvgIpc) is 2.96. The second-order valence-corrected chi connectivity index (χ2v) is 6.02. The van der Waals surface area contributed by atoms with Crippen LogP contribution in [-0.2, 0) is 4.79 Å². The molecule has 0 bridgehead atoms. The van der Waals surface area contributed by atoms with Crippen LogP contribution in [0.2, 0.25) is 0 Å². The van der Waals surface area contributed by atoms with Gasteiger partial charge >= 0.3 is 0 Å². The molecule has 2 aliphatic rings. The molecule has 5 heteroatoms. The van der Waals surface area contributed by atoms with Crippen molar-refractivity contribution in [3.63, 3.8) is 0 Å². The Labute approximate surface area is 124 Å². The molecule has 2 heterocycles. The molecule has 1 aromatic rings. The van der Waals surface area contributed by atoms with E-state index in [1.807, 2.05) is 11.8 Å². The van der Waals surface area contributed by atoms with Gasteiger partial charge in [-0.05, 0) is 32.6 Å². The number of hydrogen-bond donors (Lipinski definition) is 1. The summed E-state index contributed by atoms with van der Waals surface area (Å²) in [5, 5.41) is 0. The fraction of sp³-hybridized carbons (Fsp3) is 0.562. The van der Waals surface area contributed by atoms with Crippen molar-refractivity contribution in [1.29, 1.82) is 0 Å². The molecule has 1 amide bonds. The van der Waals surface area contributed by atoms with Crippen molar-refractivity contribution in [1.82, 2.24) is 14.9 Å². The number of nitrogens with one attached hydrogen (secondary N) is 1. The summed E-state index contributed by atoms with van der Waals surface area (Å²) in [5.74, 6) is 1.27. The van der Waals surface area contributed by atoms with Crippen LogP contribution in [0.4, 0.5) is 0 Å². The van der Waals surface area contributed by atoms with Gasteiger partial charge < -0.3 is 9.88 Å². The molecule has 1 aromatic heterocycles. The lowest BCUT2D eigenvalue weighted by Gasteiger charge is -2.24. The maximum atomic E-state index is 12.5. The Bertz CT molecular complexity index is 620. The van der Waals surface area contributed by atoms with Gasteiger partial charge in [0, 0.05) is 36.7 Å². The number of rotatable bonds is 2. The predicted octanol–water partition coefficient (Wildman–Crippen LogP) is 1.75. The second kappa shape index (κ2) is 5.84. The molecule has 3 rings (SSSR count). The molecule has 1 aliphatic carbocycles. The number of likely N-dealkylation sites (tertiary alicyclic amines) is 1. The Kier molecular flexibility index (Phi) is 3.90. The molecule has 0 aromatic carbocycles. The minimum Gasteiger partial charge on any atom is -0.342 e. The molecule has 5 nitrogen and oxygen atoms in total. The van der Waals surface area contributed by atoms with Gasteiger partial charge in [0.15, 0.2) is 0 Å². The smallest absolute Gasteiger partial charge is 0.251 e. The van der Waals surface area contributed by atoms with Gasteiger partial charge in [-0.3, -0.25) is 9.59 Å². The van der Waals surface area contributed by atoms with Crippen molar-refractivity contribution in [2.75, 3.05) is 13.1 Å². The zero-order valence-corrected chi connectivity index (χ0v) is 12.3. The fourth-order valence-corrected chi connectivity index (χ4v) is 3.26. The normalized spacial score (nSPS) is 25.3. The van der Waals surface area contributed by atoms with Crippen LogP contribution in [0, 0.1) is 12.8 Å². The first-order valence-corrected chi connectivity index (χ1v) is 7.65. The van der Waals surface area contributed by atoms with Gasteiger partial charge in [-0.2, -0.15) is 0 Å². The molecular weight excluding hydrogens is 266 g/mol. The largest absolute Gasteiger partial charge is 0.342 e. The van der Waals surface area contributed by atoms with E-state index in [-0.39, 0.29) is 23.3 Å². The van der Waals surface area contributed by atoms with Crippen molar-refractivity contribution in [2.45, 2.75) is 38.5 Å². The summed E-state index contributed by atoms with van der Waals surface area (Å²) in [7, 11) is 0. The van der Waals surface area contributed by atoms with Crippen LogP contribution in [0.15, 0.2) is 23.0 Å². The molecule has 112 valence electrons. The SMILES string of the molecule is Cc1cc(=O)[nH]c([C@@H]2CCN(C(=O)[C@@H]3CC=CCC3)C2)n1. The number of H-pyrrole nitrogens is 1. The maximum absolute atomic E-state index is 12.5.